The number of pyridine rings is 1. The zero-order chi connectivity index (χ0) is 19.5. The van der Waals surface area contributed by atoms with E-state index in [0.717, 1.165) is 5.56 Å². The van der Waals surface area contributed by atoms with E-state index in [4.69, 9.17) is 5.73 Å². The molecule has 140 valence electrons. The van der Waals surface area contributed by atoms with Crippen LogP contribution in [0.3, 0.4) is 0 Å². The predicted molar refractivity (Wildman–Crippen MR) is 106 cm³/mol. The first-order valence-electron chi connectivity index (χ1n) is 8.95. The predicted octanol–water partition coefficient (Wildman–Crippen LogP) is 2.46. The third kappa shape index (κ3) is 3.39. The number of fused-ring (bicyclic) bond motifs is 1. The van der Waals surface area contributed by atoms with Gasteiger partial charge in [-0.3, -0.25) is 4.79 Å². The summed E-state index contributed by atoms with van der Waals surface area (Å²) >= 11 is 0. The number of nitrogens with zero attached hydrogens (tertiary/aromatic N) is 5. The van der Waals surface area contributed by atoms with Crippen molar-refractivity contribution in [1.82, 2.24) is 24.6 Å². The molecule has 0 aliphatic heterocycles. The number of primary amides is 1. The molecule has 0 unspecified atom stereocenters. The minimum atomic E-state index is -0.546. The maximum atomic E-state index is 11.6. The van der Waals surface area contributed by atoms with Crippen LogP contribution in [0, 0.1) is 0 Å². The second-order valence-electron chi connectivity index (χ2n) is 6.22. The molecule has 3 N–H and O–H groups in total. The van der Waals surface area contributed by atoms with Crippen molar-refractivity contribution in [3.63, 3.8) is 0 Å². The molecule has 4 rings (SSSR count). The molecule has 8 nitrogen and oxygen atoms in total. The summed E-state index contributed by atoms with van der Waals surface area (Å²) in [6, 6.07) is 15.3. The van der Waals surface area contributed by atoms with E-state index in [9.17, 15) is 4.79 Å². The zero-order valence-electron chi connectivity index (χ0n) is 15.3. The van der Waals surface area contributed by atoms with Gasteiger partial charge in [0, 0.05) is 13.0 Å². The van der Waals surface area contributed by atoms with Crippen molar-refractivity contribution in [2.75, 3.05) is 5.32 Å². The fraction of sp³-hybridized carbons (Fsp3) is 0.150. The van der Waals surface area contributed by atoms with Crippen LogP contribution in [0.1, 0.15) is 28.8 Å². The summed E-state index contributed by atoms with van der Waals surface area (Å²) in [6.07, 6.45) is 2.30. The monoisotopic (exact) mass is 373 g/mol. The van der Waals surface area contributed by atoms with Crippen molar-refractivity contribution in [3.05, 3.63) is 71.8 Å². The van der Waals surface area contributed by atoms with Gasteiger partial charge in [-0.05, 0) is 17.7 Å². The molecule has 0 saturated heterocycles. The Labute approximate surface area is 161 Å². The minimum absolute atomic E-state index is 0.302. The van der Waals surface area contributed by atoms with Crippen LogP contribution in [0.25, 0.3) is 16.9 Å². The number of aryl methyl sites for hydroxylation is 1. The summed E-state index contributed by atoms with van der Waals surface area (Å²) in [4.78, 5) is 25.2. The van der Waals surface area contributed by atoms with Gasteiger partial charge in [-0.1, -0.05) is 43.3 Å². The van der Waals surface area contributed by atoms with E-state index in [2.05, 4.69) is 25.4 Å². The lowest BCUT2D eigenvalue weighted by molar-refractivity contribution is 0.0993. The first kappa shape index (κ1) is 17.6. The van der Waals surface area contributed by atoms with Crippen LogP contribution >= 0.6 is 0 Å². The molecule has 8 heteroatoms. The molecule has 3 heterocycles. The summed E-state index contributed by atoms with van der Waals surface area (Å²) in [5, 5.41) is 7.54. The molecule has 1 amide bonds. The van der Waals surface area contributed by atoms with E-state index in [1.807, 2.05) is 43.3 Å². The van der Waals surface area contributed by atoms with E-state index in [1.165, 1.54) is 4.52 Å². The van der Waals surface area contributed by atoms with Crippen LogP contribution in [0.5, 0.6) is 0 Å². The Kier molecular flexibility index (Phi) is 4.67. The van der Waals surface area contributed by atoms with Crippen LogP contribution in [0.4, 0.5) is 5.95 Å². The number of carbonyl (C=O) groups is 1. The van der Waals surface area contributed by atoms with Gasteiger partial charge in [0.25, 0.3) is 5.91 Å². The van der Waals surface area contributed by atoms with Gasteiger partial charge in [-0.2, -0.15) is 15.1 Å². The Balaban J connectivity index is 1.73. The number of benzene rings is 1. The van der Waals surface area contributed by atoms with Gasteiger partial charge in [0.05, 0.1) is 17.3 Å². The second-order valence-corrected chi connectivity index (χ2v) is 6.22. The van der Waals surface area contributed by atoms with Crippen LogP contribution < -0.4 is 11.1 Å². The van der Waals surface area contributed by atoms with Crippen LogP contribution in [0.15, 0.2) is 54.7 Å². The second kappa shape index (κ2) is 7.43. The number of nitrogens with two attached hydrogens (primary N) is 1. The SMILES string of the molecule is CCc1nc(NCc2ccccc2)nc(-c2cnn3c(C(N)=O)cccc23)n1. The Morgan fingerprint density at radius 2 is 1.89 bits per heavy atom. The third-order valence-corrected chi connectivity index (χ3v) is 4.33. The van der Waals surface area contributed by atoms with Crippen LogP contribution in [0.2, 0.25) is 0 Å². The molecule has 0 aliphatic carbocycles. The Hall–Kier alpha value is -3.81. The number of hydrogen-bond donors (Lipinski definition) is 2. The van der Waals surface area contributed by atoms with E-state index < -0.39 is 5.91 Å². The summed E-state index contributed by atoms with van der Waals surface area (Å²) in [6.45, 7) is 2.59. The molecule has 0 atom stereocenters. The Bertz CT molecular complexity index is 1140. The van der Waals surface area contributed by atoms with Gasteiger partial charge in [0.15, 0.2) is 5.82 Å². The number of aromatic nitrogens is 5. The van der Waals surface area contributed by atoms with Gasteiger partial charge in [-0.25, -0.2) is 9.50 Å². The van der Waals surface area contributed by atoms with Gasteiger partial charge in [-0.15, -0.1) is 0 Å². The number of rotatable bonds is 6. The largest absolute Gasteiger partial charge is 0.364 e. The van der Waals surface area contributed by atoms with E-state index in [1.54, 1.807) is 18.3 Å². The lowest BCUT2D eigenvalue weighted by atomic mass is 10.2. The maximum Gasteiger partial charge on any atom is 0.267 e. The zero-order valence-corrected chi connectivity index (χ0v) is 15.3. The first-order valence-corrected chi connectivity index (χ1v) is 8.95. The van der Waals surface area contributed by atoms with Gasteiger partial charge < -0.3 is 11.1 Å². The van der Waals surface area contributed by atoms with E-state index in [0.29, 0.717) is 47.3 Å². The lowest BCUT2D eigenvalue weighted by Gasteiger charge is -2.08. The fourth-order valence-electron chi connectivity index (χ4n) is 2.92. The quantitative estimate of drug-likeness (QED) is 0.537. The molecule has 0 radical (unpaired) electrons. The molecule has 0 aliphatic rings. The Morgan fingerprint density at radius 3 is 2.64 bits per heavy atom. The first-order chi connectivity index (χ1) is 13.7. The molecule has 0 saturated carbocycles. The summed E-state index contributed by atoms with van der Waals surface area (Å²) in [5.74, 6) is 1.12. The number of hydrogen-bond acceptors (Lipinski definition) is 6. The van der Waals surface area contributed by atoms with Crippen molar-refractivity contribution in [2.24, 2.45) is 5.73 Å². The fourth-order valence-corrected chi connectivity index (χ4v) is 2.92. The van der Waals surface area contributed by atoms with Crippen LogP contribution in [-0.4, -0.2) is 30.5 Å². The van der Waals surface area contributed by atoms with Crippen molar-refractivity contribution in [2.45, 2.75) is 19.9 Å². The summed E-state index contributed by atoms with van der Waals surface area (Å²) < 4.78 is 1.50. The average molecular weight is 373 g/mol. The standard InChI is InChI=1S/C20H19N7O/c1-2-17-24-19(26-20(25-17)22-11-13-7-4-3-5-8-13)14-12-23-27-15(14)9-6-10-16(27)18(21)28/h3-10,12H,2,11H2,1H3,(H2,21,28)(H,22,24,25,26). The highest BCUT2D eigenvalue weighted by Crippen LogP contribution is 2.23. The van der Waals surface area contributed by atoms with Crippen LogP contribution in [-0.2, 0) is 13.0 Å². The van der Waals surface area contributed by atoms with E-state index >= 15 is 0 Å². The number of amides is 1. The maximum absolute atomic E-state index is 11.6. The number of nitrogens with one attached hydrogen (secondary N) is 1. The molecule has 4 aromatic rings. The smallest absolute Gasteiger partial charge is 0.267 e. The Morgan fingerprint density at radius 1 is 1.07 bits per heavy atom. The molecule has 28 heavy (non-hydrogen) atoms. The molecule has 3 aromatic heterocycles. The highest BCUT2D eigenvalue weighted by Gasteiger charge is 2.15. The highest BCUT2D eigenvalue weighted by molar-refractivity contribution is 5.92. The van der Waals surface area contributed by atoms with Gasteiger partial charge in [0.1, 0.15) is 11.5 Å². The molecular formula is C20H19N7O. The van der Waals surface area contributed by atoms with Gasteiger partial charge in [0.2, 0.25) is 5.95 Å². The van der Waals surface area contributed by atoms with Crippen molar-refractivity contribution in [3.8, 4) is 11.4 Å². The van der Waals surface area contributed by atoms with Crippen molar-refractivity contribution in [1.29, 1.82) is 0 Å². The third-order valence-electron chi connectivity index (χ3n) is 4.33. The average Bonchev–Trinajstić information content (AvgIpc) is 3.17. The van der Waals surface area contributed by atoms with Crippen molar-refractivity contribution < 1.29 is 4.79 Å². The van der Waals surface area contributed by atoms with Crippen molar-refractivity contribution >= 4 is 17.4 Å². The topological polar surface area (TPSA) is 111 Å². The summed E-state index contributed by atoms with van der Waals surface area (Å²) in [7, 11) is 0. The molecule has 1 aromatic carbocycles. The van der Waals surface area contributed by atoms with E-state index in [-0.39, 0.29) is 0 Å². The van der Waals surface area contributed by atoms with Gasteiger partial charge >= 0.3 is 0 Å². The minimum Gasteiger partial charge on any atom is -0.364 e. The number of anilines is 1. The molecule has 0 fully saturated rings. The molecule has 0 spiro atoms. The summed E-state index contributed by atoms with van der Waals surface area (Å²) in [5.41, 5.74) is 8.29. The number of carbonyl (C=O) groups excluding carboxylic acids is 1. The highest BCUT2D eigenvalue weighted by atomic mass is 16.1. The molecule has 0 bridgehead atoms. The normalized spacial score (nSPS) is 10.9. The molecular weight excluding hydrogens is 354 g/mol. The lowest BCUT2D eigenvalue weighted by Crippen LogP contribution is -2.15.